The van der Waals surface area contributed by atoms with Crippen molar-refractivity contribution in [3.63, 3.8) is 0 Å². The number of benzene rings is 3. The molecule has 0 saturated carbocycles. The molecule has 4 rings (SSSR count). The highest BCUT2D eigenvalue weighted by atomic mass is 32.2. The Morgan fingerprint density at radius 3 is 2.32 bits per heavy atom. The van der Waals surface area contributed by atoms with Crippen molar-refractivity contribution in [3.05, 3.63) is 77.4 Å². The predicted octanol–water partition coefficient (Wildman–Crippen LogP) is 6.54. The summed E-state index contributed by atoms with van der Waals surface area (Å²) in [5.41, 5.74) is 2.97. The van der Waals surface area contributed by atoms with Crippen molar-refractivity contribution < 1.29 is 32.2 Å². The molecule has 0 radical (unpaired) electrons. The molecule has 1 aliphatic heterocycles. The van der Waals surface area contributed by atoms with Crippen LogP contribution in [0.25, 0.3) is 11.1 Å². The van der Waals surface area contributed by atoms with Gasteiger partial charge < -0.3 is 14.2 Å². The smallest absolute Gasteiger partial charge is 0.416 e. The van der Waals surface area contributed by atoms with Gasteiger partial charge in [-0.3, -0.25) is 0 Å². The van der Waals surface area contributed by atoms with Crippen molar-refractivity contribution in [1.29, 1.82) is 0 Å². The molecule has 1 aliphatic rings. The Labute approximate surface area is 200 Å². The first-order valence-electron chi connectivity index (χ1n) is 10.7. The highest BCUT2D eigenvalue weighted by Crippen LogP contribution is 2.42. The number of hydrogen-bond acceptors (Lipinski definition) is 5. The van der Waals surface area contributed by atoms with Gasteiger partial charge in [-0.2, -0.15) is 13.2 Å². The number of hydrogen-bond donors (Lipinski definition) is 0. The van der Waals surface area contributed by atoms with E-state index in [1.807, 2.05) is 36.4 Å². The lowest BCUT2D eigenvalue weighted by atomic mass is 10.0. The highest BCUT2D eigenvalue weighted by molar-refractivity contribution is 7.98. The summed E-state index contributed by atoms with van der Waals surface area (Å²) >= 11 is 1.63. The summed E-state index contributed by atoms with van der Waals surface area (Å²) in [7, 11) is 1.32. The summed E-state index contributed by atoms with van der Waals surface area (Å²) < 4.78 is 54.5. The molecule has 0 unspecified atom stereocenters. The Balaban J connectivity index is 1.44. The van der Waals surface area contributed by atoms with Gasteiger partial charge in [0.2, 0.25) is 0 Å². The molecule has 4 nitrogen and oxygen atoms in total. The van der Waals surface area contributed by atoms with Gasteiger partial charge in [-0.15, -0.1) is 11.8 Å². The summed E-state index contributed by atoms with van der Waals surface area (Å²) in [4.78, 5) is 12.4. The van der Waals surface area contributed by atoms with Gasteiger partial charge in [0, 0.05) is 11.3 Å². The molecule has 0 bridgehead atoms. The first-order chi connectivity index (χ1) is 16.3. The number of carbonyl (C=O) groups is 1. The van der Waals surface area contributed by atoms with Crippen molar-refractivity contribution in [1.82, 2.24) is 0 Å². The minimum atomic E-state index is -4.34. The molecule has 0 fully saturated rings. The normalized spacial score (nSPS) is 13.1. The molecular weight excluding hydrogens is 465 g/mol. The van der Waals surface area contributed by atoms with Gasteiger partial charge in [0.05, 0.1) is 24.2 Å². The van der Waals surface area contributed by atoms with Crippen molar-refractivity contribution >= 4 is 17.7 Å². The number of thioether (sulfide) groups is 1. The van der Waals surface area contributed by atoms with Gasteiger partial charge in [-0.25, -0.2) is 4.79 Å². The van der Waals surface area contributed by atoms with Crippen LogP contribution < -0.4 is 9.47 Å². The zero-order valence-electron chi connectivity index (χ0n) is 18.5. The lowest BCUT2D eigenvalue weighted by Crippen LogP contribution is -2.15. The Morgan fingerprint density at radius 1 is 1.00 bits per heavy atom. The van der Waals surface area contributed by atoms with Crippen LogP contribution in [0.3, 0.4) is 0 Å². The molecule has 0 saturated heterocycles. The third-order valence-electron chi connectivity index (χ3n) is 5.47. The number of carbonyl (C=O) groups excluding carboxylic acids is 1. The monoisotopic (exact) mass is 488 g/mol. The van der Waals surface area contributed by atoms with Gasteiger partial charge in [0.1, 0.15) is 11.5 Å². The van der Waals surface area contributed by atoms with Crippen LogP contribution in [0.4, 0.5) is 13.2 Å². The van der Waals surface area contributed by atoms with Crippen LogP contribution in [0.5, 0.6) is 11.5 Å². The standard InChI is InChI=1S/C26H23F3O4S/c1-31-24(30)15-33-22-12-13-23(25-21(22)3-2-14-32-25)34-16-17-4-6-18(7-5-17)19-8-10-20(11-9-19)26(27,28)29/h4-13H,2-3,14-16H2,1H3. The molecule has 0 N–H and O–H groups in total. The van der Waals surface area contributed by atoms with E-state index in [9.17, 15) is 18.0 Å². The third-order valence-corrected chi connectivity index (χ3v) is 6.58. The molecule has 3 aromatic carbocycles. The van der Waals surface area contributed by atoms with E-state index in [-0.39, 0.29) is 6.61 Å². The maximum Gasteiger partial charge on any atom is 0.416 e. The van der Waals surface area contributed by atoms with Crippen molar-refractivity contribution in [2.24, 2.45) is 0 Å². The zero-order valence-corrected chi connectivity index (χ0v) is 19.3. The molecule has 0 amide bonds. The van der Waals surface area contributed by atoms with Crippen molar-refractivity contribution in [3.8, 4) is 22.6 Å². The number of rotatable bonds is 7. The molecule has 178 valence electrons. The van der Waals surface area contributed by atoms with Crippen LogP contribution in [0, 0.1) is 0 Å². The highest BCUT2D eigenvalue weighted by Gasteiger charge is 2.30. The second kappa shape index (κ2) is 10.4. The number of halogens is 3. The molecule has 0 aliphatic carbocycles. The largest absolute Gasteiger partial charge is 0.492 e. The Kier molecular flexibility index (Phi) is 7.36. The second-order valence-corrected chi connectivity index (χ2v) is 8.76. The van der Waals surface area contributed by atoms with Crippen LogP contribution >= 0.6 is 11.8 Å². The molecule has 0 spiro atoms. The maximum atomic E-state index is 12.8. The number of fused-ring (bicyclic) bond motifs is 1. The van der Waals surface area contributed by atoms with Crippen LogP contribution in [0.1, 0.15) is 23.1 Å². The molecule has 1 heterocycles. The van der Waals surface area contributed by atoms with E-state index < -0.39 is 17.7 Å². The number of methoxy groups -OCH3 is 1. The minimum Gasteiger partial charge on any atom is -0.492 e. The van der Waals surface area contributed by atoms with E-state index in [1.165, 1.54) is 19.2 Å². The molecule has 8 heteroatoms. The van der Waals surface area contributed by atoms with Crippen molar-refractivity contribution in [2.75, 3.05) is 20.3 Å². The van der Waals surface area contributed by atoms with Gasteiger partial charge in [0.15, 0.2) is 6.61 Å². The van der Waals surface area contributed by atoms with E-state index in [4.69, 9.17) is 9.47 Å². The summed E-state index contributed by atoms with van der Waals surface area (Å²) in [6, 6.07) is 16.7. The SMILES string of the molecule is COC(=O)COc1ccc(SCc2ccc(-c3ccc(C(F)(F)F)cc3)cc2)c2c1CCCO2. The Bertz CT molecular complexity index is 1140. The van der Waals surface area contributed by atoms with Gasteiger partial charge >= 0.3 is 12.1 Å². The molecule has 0 aromatic heterocycles. The second-order valence-electron chi connectivity index (χ2n) is 7.75. The number of alkyl halides is 3. The van der Waals surface area contributed by atoms with Gasteiger partial charge in [0.25, 0.3) is 0 Å². The summed E-state index contributed by atoms with van der Waals surface area (Å²) in [5.74, 6) is 1.68. The first-order valence-corrected chi connectivity index (χ1v) is 11.7. The fourth-order valence-electron chi connectivity index (χ4n) is 3.66. The Hall–Kier alpha value is -3.13. The topological polar surface area (TPSA) is 44.8 Å². The van der Waals surface area contributed by atoms with Crippen LogP contribution in [0.15, 0.2) is 65.6 Å². The predicted molar refractivity (Wildman–Crippen MR) is 124 cm³/mol. The van der Waals surface area contributed by atoms with Crippen LogP contribution in [-0.2, 0) is 27.9 Å². The zero-order chi connectivity index (χ0) is 24.1. The summed E-state index contributed by atoms with van der Waals surface area (Å²) in [6.07, 6.45) is -2.66. The number of ether oxygens (including phenoxy) is 3. The molecule has 34 heavy (non-hydrogen) atoms. The maximum absolute atomic E-state index is 12.8. The fraction of sp³-hybridized carbons (Fsp3) is 0.269. The fourth-order valence-corrected chi connectivity index (χ4v) is 4.65. The van der Waals surface area contributed by atoms with E-state index in [0.717, 1.165) is 57.9 Å². The summed E-state index contributed by atoms with van der Waals surface area (Å²) in [5, 5.41) is 0. The molecule has 3 aromatic rings. The van der Waals surface area contributed by atoms with Crippen LogP contribution in [-0.4, -0.2) is 26.3 Å². The van der Waals surface area contributed by atoms with E-state index >= 15 is 0 Å². The first kappa shape index (κ1) is 24.0. The van der Waals surface area contributed by atoms with Gasteiger partial charge in [-0.05, 0) is 53.8 Å². The van der Waals surface area contributed by atoms with Crippen LogP contribution in [0.2, 0.25) is 0 Å². The lowest BCUT2D eigenvalue weighted by Gasteiger charge is -2.23. The quantitative estimate of drug-likeness (QED) is 0.279. The van der Waals surface area contributed by atoms with E-state index in [1.54, 1.807) is 11.8 Å². The molecular formula is C26H23F3O4S. The average Bonchev–Trinajstić information content (AvgIpc) is 2.86. The average molecular weight is 489 g/mol. The Morgan fingerprint density at radius 2 is 1.68 bits per heavy atom. The summed E-state index contributed by atoms with van der Waals surface area (Å²) in [6.45, 7) is 0.476. The lowest BCUT2D eigenvalue weighted by molar-refractivity contribution is -0.143. The van der Waals surface area contributed by atoms with Crippen molar-refractivity contribution in [2.45, 2.75) is 29.7 Å². The molecule has 0 atom stereocenters. The minimum absolute atomic E-state index is 0.152. The van der Waals surface area contributed by atoms with Gasteiger partial charge in [-0.1, -0.05) is 36.4 Å². The third kappa shape index (κ3) is 5.67. The number of esters is 1. The van der Waals surface area contributed by atoms with E-state index in [0.29, 0.717) is 18.1 Å². The van der Waals surface area contributed by atoms with E-state index in [2.05, 4.69) is 4.74 Å².